The summed E-state index contributed by atoms with van der Waals surface area (Å²) in [6.45, 7) is 9.25. The van der Waals surface area contributed by atoms with Gasteiger partial charge in [-0.25, -0.2) is 0 Å². The van der Waals surface area contributed by atoms with Crippen LogP contribution in [-0.4, -0.2) is 24.6 Å². The van der Waals surface area contributed by atoms with Gasteiger partial charge >= 0.3 is 11.9 Å². The minimum Gasteiger partial charge on any atom is -0.462 e. The molecule has 1 saturated carbocycles. The summed E-state index contributed by atoms with van der Waals surface area (Å²) in [7, 11) is 0. The number of carbonyl (C=O) groups is 2. The molecule has 180 valence electrons. The molecule has 4 heteroatoms. The summed E-state index contributed by atoms with van der Waals surface area (Å²) in [6.07, 6.45) is 19.7. The van der Waals surface area contributed by atoms with Crippen LogP contribution >= 0.6 is 0 Å². The molecule has 0 radical (unpaired) electrons. The van der Waals surface area contributed by atoms with Crippen molar-refractivity contribution in [3.05, 3.63) is 12.2 Å². The lowest BCUT2D eigenvalue weighted by atomic mass is 9.70. The van der Waals surface area contributed by atoms with E-state index in [0.717, 1.165) is 25.7 Å². The Balaban J connectivity index is 2.06. The van der Waals surface area contributed by atoms with Crippen molar-refractivity contribution in [1.82, 2.24) is 0 Å². The molecule has 0 aliphatic heterocycles. The lowest BCUT2D eigenvalue weighted by Crippen LogP contribution is -2.38. The maximum Gasteiger partial charge on any atom is 0.306 e. The zero-order chi connectivity index (χ0) is 23.0. The molecule has 1 fully saturated rings. The highest BCUT2D eigenvalue weighted by atomic mass is 16.5. The summed E-state index contributed by atoms with van der Waals surface area (Å²) in [4.78, 5) is 24.1. The van der Waals surface area contributed by atoms with Crippen molar-refractivity contribution >= 4 is 11.9 Å². The molecule has 0 spiro atoms. The highest BCUT2D eigenvalue weighted by Gasteiger charge is 2.36. The van der Waals surface area contributed by atoms with E-state index in [1.807, 2.05) is 6.08 Å². The van der Waals surface area contributed by atoms with Gasteiger partial charge in [0.2, 0.25) is 0 Å². The Morgan fingerprint density at radius 2 is 1.48 bits per heavy atom. The molecular weight excluding hydrogens is 388 g/mol. The van der Waals surface area contributed by atoms with Crippen LogP contribution in [0, 0.1) is 11.3 Å². The lowest BCUT2D eigenvalue weighted by molar-refractivity contribution is -0.156. The highest BCUT2D eigenvalue weighted by Crippen LogP contribution is 2.39. The van der Waals surface area contributed by atoms with Crippen LogP contribution < -0.4 is 0 Å². The van der Waals surface area contributed by atoms with E-state index in [9.17, 15) is 9.59 Å². The van der Waals surface area contributed by atoms with Gasteiger partial charge in [0.05, 0.1) is 0 Å². The Hall–Kier alpha value is -1.32. The van der Waals surface area contributed by atoms with Gasteiger partial charge in [-0.1, -0.05) is 84.8 Å². The van der Waals surface area contributed by atoms with Gasteiger partial charge in [0.1, 0.15) is 12.7 Å². The van der Waals surface area contributed by atoms with Gasteiger partial charge in [0.15, 0.2) is 0 Å². The Morgan fingerprint density at radius 1 is 0.839 bits per heavy atom. The van der Waals surface area contributed by atoms with E-state index in [1.54, 1.807) is 0 Å². The van der Waals surface area contributed by atoms with Crippen molar-refractivity contribution in [2.45, 2.75) is 130 Å². The summed E-state index contributed by atoms with van der Waals surface area (Å²) in [5.74, 6) is 0.00478. The molecule has 0 bridgehead atoms. The topological polar surface area (TPSA) is 52.6 Å². The number of carbonyl (C=O) groups excluding carboxylic acids is 2. The van der Waals surface area contributed by atoms with Gasteiger partial charge in [-0.2, -0.15) is 0 Å². The smallest absolute Gasteiger partial charge is 0.306 e. The van der Waals surface area contributed by atoms with Crippen LogP contribution in [0.4, 0.5) is 0 Å². The summed E-state index contributed by atoms with van der Waals surface area (Å²) >= 11 is 0. The van der Waals surface area contributed by atoms with Crippen molar-refractivity contribution < 1.29 is 19.1 Å². The van der Waals surface area contributed by atoms with Crippen molar-refractivity contribution in [2.75, 3.05) is 6.61 Å². The SMILES string of the molecule is CCCCCCCCC/C=C/COC(=O)CCCC(=O)OC1CCCCC1C(C)(C)C. The van der Waals surface area contributed by atoms with Crippen molar-refractivity contribution in [3.8, 4) is 0 Å². The number of rotatable bonds is 15. The van der Waals surface area contributed by atoms with Gasteiger partial charge in [-0.05, 0) is 43.9 Å². The zero-order valence-corrected chi connectivity index (χ0v) is 20.8. The predicted molar refractivity (Wildman–Crippen MR) is 128 cm³/mol. The number of unbranched alkanes of at least 4 members (excludes halogenated alkanes) is 7. The van der Waals surface area contributed by atoms with Gasteiger partial charge in [0.25, 0.3) is 0 Å². The third-order valence-electron chi connectivity index (χ3n) is 6.34. The second-order valence-electron chi connectivity index (χ2n) is 10.2. The summed E-state index contributed by atoms with van der Waals surface area (Å²) < 4.78 is 11.0. The van der Waals surface area contributed by atoms with Crippen LogP contribution in [0.3, 0.4) is 0 Å². The molecule has 31 heavy (non-hydrogen) atoms. The second kappa shape index (κ2) is 16.3. The molecule has 2 unspecified atom stereocenters. The van der Waals surface area contributed by atoms with E-state index in [4.69, 9.17) is 9.47 Å². The fourth-order valence-corrected chi connectivity index (χ4v) is 4.45. The molecular formula is C27H48O4. The molecule has 0 aromatic rings. The Kier molecular flexibility index (Phi) is 14.6. The number of esters is 2. The molecule has 0 N–H and O–H groups in total. The first-order valence-electron chi connectivity index (χ1n) is 12.8. The van der Waals surface area contributed by atoms with E-state index in [2.05, 4.69) is 33.8 Å². The van der Waals surface area contributed by atoms with E-state index in [-0.39, 0.29) is 36.3 Å². The van der Waals surface area contributed by atoms with Crippen molar-refractivity contribution in [3.63, 3.8) is 0 Å². The van der Waals surface area contributed by atoms with Gasteiger partial charge in [-0.3, -0.25) is 9.59 Å². The number of hydrogen-bond acceptors (Lipinski definition) is 4. The highest BCUT2D eigenvalue weighted by molar-refractivity contribution is 5.72. The third kappa shape index (κ3) is 13.6. The first-order valence-corrected chi connectivity index (χ1v) is 12.8. The molecule has 0 aromatic heterocycles. The van der Waals surface area contributed by atoms with Crippen molar-refractivity contribution in [1.29, 1.82) is 0 Å². The minimum atomic E-state index is -0.237. The second-order valence-corrected chi connectivity index (χ2v) is 10.2. The molecule has 0 aromatic carbocycles. The van der Waals surface area contributed by atoms with Crippen molar-refractivity contribution in [2.24, 2.45) is 11.3 Å². The molecule has 2 atom stereocenters. The molecule has 0 amide bonds. The van der Waals surface area contributed by atoms with Crippen LogP contribution in [-0.2, 0) is 19.1 Å². The van der Waals surface area contributed by atoms with Crippen LogP contribution in [0.15, 0.2) is 12.2 Å². The van der Waals surface area contributed by atoms with Crippen LogP contribution in [0.5, 0.6) is 0 Å². The maximum absolute atomic E-state index is 12.2. The molecule has 1 aliphatic rings. The fourth-order valence-electron chi connectivity index (χ4n) is 4.45. The molecule has 0 heterocycles. The van der Waals surface area contributed by atoms with E-state index in [0.29, 0.717) is 18.9 Å². The monoisotopic (exact) mass is 436 g/mol. The first kappa shape index (κ1) is 27.7. The Labute approximate surface area is 191 Å². The molecule has 0 saturated heterocycles. The molecule has 1 aliphatic carbocycles. The minimum absolute atomic E-state index is 0.0229. The average Bonchev–Trinajstić information content (AvgIpc) is 2.71. The number of hydrogen-bond donors (Lipinski definition) is 0. The third-order valence-corrected chi connectivity index (χ3v) is 6.34. The summed E-state index contributed by atoms with van der Waals surface area (Å²) in [6, 6.07) is 0. The van der Waals surface area contributed by atoms with Gasteiger partial charge < -0.3 is 9.47 Å². The average molecular weight is 437 g/mol. The number of ether oxygens (including phenoxy) is 2. The van der Waals surface area contributed by atoms with Gasteiger partial charge in [0, 0.05) is 18.8 Å². The largest absolute Gasteiger partial charge is 0.462 e. The predicted octanol–water partition coefficient (Wildman–Crippen LogP) is 7.54. The van der Waals surface area contributed by atoms with E-state index >= 15 is 0 Å². The lowest BCUT2D eigenvalue weighted by Gasteiger charge is -2.39. The van der Waals surface area contributed by atoms with Crippen LogP contribution in [0.2, 0.25) is 0 Å². The fraction of sp³-hybridized carbons (Fsp3) is 0.852. The van der Waals surface area contributed by atoms with Gasteiger partial charge in [-0.15, -0.1) is 0 Å². The first-order chi connectivity index (χ1) is 14.8. The number of allylic oxidation sites excluding steroid dienone is 1. The summed E-state index contributed by atoms with van der Waals surface area (Å²) in [5.41, 5.74) is 0.150. The molecule has 4 nitrogen and oxygen atoms in total. The van der Waals surface area contributed by atoms with Crippen LogP contribution in [0.1, 0.15) is 124 Å². The summed E-state index contributed by atoms with van der Waals surface area (Å²) in [5, 5.41) is 0. The molecule has 1 rings (SSSR count). The zero-order valence-electron chi connectivity index (χ0n) is 20.8. The Morgan fingerprint density at radius 3 is 2.19 bits per heavy atom. The van der Waals surface area contributed by atoms with E-state index < -0.39 is 0 Å². The maximum atomic E-state index is 12.2. The quantitative estimate of drug-likeness (QED) is 0.151. The normalized spacial score (nSPS) is 19.5. The standard InChI is InChI=1S/C27H48O4/c1-5-6-7-8-9-10-11-12-13-16-22-30-25(28)20-17-21-26(29)31-24-19-15-14-18-23(24)27(2,3)4/h13,16,23-24H,5-12,14-15,17-22H2,1-4H3/b16-13+. The Bertz CT molecular complexity index is 518. The van der Waals surface area contributed by atoms with Crippen LogP contribution in [0.25, 0.3) is 0 Å². The van der Waals surface area contributed by atoms with E-state index in [1.165, 1.54) is 51.4 Å².